The summed E-state index contributed by atoms with van der Waals surface area (Å²) in [5, 5.41) is 3.54. The van der Waals surface area contributed by atoms with Gasteiger partial charge in [-0.3, -0.25) is 14.5 Å². The molecule has 39 heavy (non-hydrogen) atoms. The SMILES string of the molecule is CCN(CC)C(=O)c1c(NC(=O)c2ccc(S(=O)(=O)N3CC(C)OC(C)C3)cc2)sc2c1CCN(C(C)C)C2. The summed E-state index contributed by atoms with van der Waals surface area (Å²) in [6, 6.07) is 6.37. The number of benzene rings is 1. The minimum atomic E-state index is -3.71. The second kappa shape index (κ2) is 12.1. The van der Waals surface area contributed by atoms with Crippen LogP contribution in [0.5, 0.6) is 0 Å². The van der Waals surface area contributed by atoms with Gasteiger partial charge in [-0.2, -0.15) is 4.31 Å². The quantitative estimate of drug-likeness (QED) is 0.509. The van der Waals surface area contributed by atoms with Crippen LogP contribution in [-0.2, 0) is 27.7 Å². The van der Waals surface area contributed by atoms with Crippen molar-refractivity contribution in [3.8, 4) is 0 Å². The fraction of sp³-hybridized carbons (Fsp3) is 0.571. The predicted molar refractivity (Wildman–Crippen MR) is 154 cm³/mol. The van der Waals surface area contributed by atoms with Gasteiger partial charge in [0.15, 0.2) is 0 Å². The van der Waals surface area contributed by atoms with E-state index in [4.69, 9.17) is 4.74 Å². The zero-order valence-corrected chi connectivity index (χ0v) is 25.3. The first-order chi connectivity index (χ1) is 18.5. The number of amides is 2. The third-order valence-corrected chi connectivity index (χ3v) is 10.4. The highest BCUT2D eigenvalue weighted by atomic mass is 32.2. The summed E-state index contributed by atoms with van der Waals surface area (Å²) in [5.41, 5.74) is 1.94. The number of nitrogens with zero attached hydrogens (tertiary/aromatic N) is 3. The second-order valence-electron chi connectivity index (χ2n) is 10.6. The molecule has 0 bridgehead atoms. The molecule has 1 fully saturated rings. The zero-order valence-electron chi connectivity index (χ0n) is 23.7. The number of hydrogen-bond donors (Lipinski definition) is 1. The summed E-state index contributed by atoms with van der Waals surface area (Å²) < 4.78 is 33.5. The van der Waals surface area contributed by atoms with E-state index in [0.29, 0.717) is 35.3 Å². The molecule has 1 aromatic heterocycles. The average Bonchev–Trinajstić information content (AvgIpc) is 3.25. The van der Waals surface area contributed by atoms with E-state index in [0.717, 1.165) is 30.0 Å². The summed E-state index contributed by atoms with van der Waals surface area (Å²) in [4.78, 5) is 32.2. The van der Waals surface area contributed by atoms with Crippen LogP contribution in [0, 0.1) is 0 Å². The molecule has 4 rings (SSSR count). The molecule has 11 heteroatoms. The Morgan fingerprint density at radius 3 is 2.28 bits per heavy atom. The maximum Gasteiger partial charge on any atom is 0.257 e. The molecule has 1 aromatic carbocycles. The van der Waals surface area contributed by atoms with Crippen LogP contribution in [0.1, 0.15) is 72.7 Å². The van der Waals surface area contributed by atoms with Gasteiger partial charge in [-0.1, -0.05) is 0 Å². The lowest BCUT2D eigenvalue weighted by Crippen LogP contribution is -2.48. The molecule has 3 heterocycles. The highest BCUT2D eigenvalue weighted by Crippen LogP contribution is 2.38. The van der Waals surface area contributed by atoms with Crippen LogP contribution in [0.15, 0.2) is 29.2 Å². The summed E-state index contributed by atoms with van der Waals surface area (Å²) in [6.07, 6.45) is 0.380. The zero-order chi connectivity index (χ0) is 28.5. The number of thiophene rings is 1. The molecule has 1 saturated heterocycles. The van der Waals surface area contributed by atoms with Crippen molar-refractivity contribution < 1.29 is 22.7 Å². The van der Waals surface area contributed by atoms with Crippen molar-refractivity contribution in [3.63, 3.8) is 0 Å². The van der Waals surface area contributed by atoms with Crippen LogP contribution in [-0.4, -0.2) is 85.3 Å². The summed E-state index contributed by atoms with van der Waals surface area (Å²) in [5.74, 6) is -0.443. The van der Waals surface area contributed by atoms with Gasteiger partial charge in [-0.15, -0.1) is 11.3 Å². The highest BCUT2D eigenvalue weighted by Gasteiger charge is 2.33. The molecule has 214 valence electrons. The Morgan fingerprint density at radius 1 is 1.10 bits per heavy atom. The topological polar surface area (TPSA) is 99.3 Å². The number of carbonyl (C=O) groups is 2. The molecule has 0 saturated carbocycles. The molecule has 0 spiro atoms. The molecule has 2 aromatic rings. The Kier molecular flexibility index (Phi) is 9.17. The van der Waals surface area contributed by atoms with E-state index >= 15 is 0 Å². The number of hydrogen-bond acceptors (Lipinski definition) is 7. The number of morpholine rings is 1. The lowest BCUT2D eigenvalue weighted by Gasteiger charge is -2.34. The largest absolute Gasteiger partial charge is 0.373 e. The van der Waals surface area contributed by atoms with Crippen molar-refractivity contribution in [2.24, 2.45) is 0 Å². The van der Waals surface area contributed by atoms with Crippen molar-refractivity contribution in [1.82, 2.24) is 14.1 Å². The predicted octanol–water partition coefficient (Wildman–Crippen LogP) is 4.05. The highest BCUT2D eigenvalue weighted by molar-refractivity contribution is 7.89. The molecule has 1 N–H and O–H groups in total. The van der Waals surface area contributed by atoms with Crippen LogP contribution >= 0.6 is 11.3 Å². The minimum absolute atomic E-state index is 0.0683. The van der Waals surface area contributed by atoms with Crippen molar-refractivity contribution in [1.29, 1.82) is 0 Å². The van der Waals surface area contributed by atoms with E-state index in [1.54, 1.807) is 4.90 Å². The molecule has 2 atom stereocenters. The first-order valence-corrected chi connectivity index (χ1v) is 16.0. The number of carbonyl (C=O) groups excluding carboxylic acids is 2. The van der Waals surface area contributed by atoms with Gasteiger partial charge in [-0.05, 0) is 77.8 Å². The van der Waals surface area contributed by atoms with Crippen LogP contribution in [0.4, 0.5) is 5.00 Å². The number of sulfonamides is 1. The molecule has 2 unspecified atom stereocenters. The van der Waals surface area contributed by atoms with Crippen LogP contribution in [0.3, 0.4) is 0 Å². The van der Waals surface area contributed by atoms with E-state index in [9.17, 15) is 18.0 Å². The average molecular weight is 577 g/mol. The van der Waals surface area contributed by atoms with E-state index in [-0.39, 0.29) is 42.0 Å². The molecule has 2 aliphatic heterocycles. The second-order valence-corrected chi connectivity index (χ2v) is 13.6. The van der Waals surface area contributed by atoms with Gasteiger partial charge in [0.05, 0.1) is 22.7 Å². The van der Waals surface area contributed by atoms with Gasteiger partial charge in [0.2, 0.25) is 10.0 Å². The van der Waals surface area contributed by atoms with Gasteiger partial charge in [0, 0.05) is 55.8 Å². The smallest absolute Gasteiger partial charge is 0.257 e. The fourth-order valence-electron chi connectivity index (χ4n) is 5.28. The van der Waals surface area contributed by atoms with E-state index in [2.05, 4.69) is 24.1 Å². The molecule has 0 aliphatic carbocycles. The van der Waals surface area contributed by atoms with Crippen molar-refractivity contribution >= 4 is 38.2 Å². The molecule has 2 aliphatic rings. The Hall–Kier alpha value is -2.31. The van der Waals surface area contributed by atoms with Crippen molar-refractivity contribution in [3.05, 3.63) is 45.8 Å². The van der Waals surface area contributed by atoms with Crippen LogP contribution in [0.25, 0.3) is 0 Å². The lowest BCUT2D eigenvalue weighted by atomic mass is 10.0. The number of ether oxygens (including phenoxy) is 1. The van der Waals surface area contributed by atoms with E-state index in [1.807, 2.05) is 27.7 Å². The number of nitrogens with one attached hydrogen (secondary N) is 1. The van der Waals surface area contributed by atoms with Gasteiger partial charge < -0.3 is 15.0 Å². The molecule has 9 nitrogen and oxygen atoms in total. The van der Waals surface area contributed by atoms with Gasteiger partial charge in [0.1, 0.15) is 5.00 Å². The Labute approximate surface area is 236 Å². The van der Waals surface area contributed by atoms with Gasteiger partial charge in [-0.25, -0.2) is 8.42 Å². The van der Waals surface area contributed by atoms with E-state index < -0.39 is 10.0 Å². The van der Waals surface area contributed by atoms with Crippen molar-refractivity contribution in [2.45, 2.75) is 77.7 Å². The van der Waals surface area contributed by atoms with Crippen LogP contribution in [0.2, 0.25) is 0 Å². The normalized spacial score (nSPS) is 20.6. The molecule has 0 radical (unpaired) electrons. The summed E-state index contributed by atoms with van der Waals surface area (Å²) in [6.45, 7) is 15.3. The number of rotatable bonds is 8. The first-order valence-electron chi connectivity index (χ1n) is 13.7. The maximum absolute atomic E-state index is 13.5. The Balaban J connectivity index is 1.59. The molecular formula is C28H40N4O5S2. The first kappa shape index (κ1) is 29.7. The van der Waals surface area contributed by atoms with Crippen molar-refractivity contribution in [2.75, 3.05) is 38.0 Å². The summed E-state index contributed by atoms with van der Waals surface area (Å²) >= 11 is 1.46. The fourth-order valence-corrected chi connectivity index (χ4v) is 8.13. The minimum Gasteiger partial charge on any atom is -0.373 e. The van der Waals surface area contributed by atoms with Crippen LogP contribution < -0.4 is 5.32 Å². The number of anilines is 1. The number of fused-ring (bicyclic) bond motifs is 1. The lowest BCUT2D eigenvalue weighted by molar-refractivity contribution is -0.0440. The molecule has 2 amide bonds. The maximum atomic E-state index is 13.5. The van der Waals surface area contributed by atoms with Gasteiger partial charge in [0.25, 0.3) is 11.8 Å². The monoisotopic (exact) mass is 576 g/mol. The van der Waals surface area contributed by atoms with Gasteiger partial charge >= 0.3 is 0 Å². The van der Waals surface area contributed by atoms with E-state index in [1.165, 1.54) is 39.9 Å². The standard InChI is InChI=1S/C28H40N4O5S2/c1-7-30(8-2)28(34)25-23-13-14-31(18(3)4)17-24(23)38-27(25)29-26(33)21-9-11-22(12-10-21)39(35,36)32-15-19(5)37-20(6)16-32/h9-12,18-20H,7-8,13-17H2,1-6H3,(H,29,33). The summed E-state index contributed by atoms with van der Waals surface area (Å²) in [7, 11) is -3.71. The Morgan fingerprint density at radius 2 is 1.72 bits per heavy atom. The third kappa shape index (κ3) is 6.22. The molecular weight excluding hydrogens is 536 g/mol. The third-order valence-electron chi connectivity index (χ3n) is 7.45. The Bertz CT molecular complexity index is 1290.